The Bertz CT molecular complexity index is 1120. The number of urea groups is 1. The Kier molecular flexibility index (Phi) is 6.88. The van der Waals surface area contributed by atoms with Gasteiger partial charge in [-0.05, 0) is 36.1 Å². The average molecular weight is 479 g/mol. The second kappa shape index (κ2) is 10.2. The first kappa shape index (κ1) is 22.9. The number of likely N-dealkylation sites (tertiary alicyclic amines) is 1. The maximum Gasteiger partial charge on any atom is 0.320 e. The largest absolute Gasteiger partial charge is 0.378 e. The molecule has 0 radical (unpaired) electrons. The van der Waals surface area contributed by atoms with Gasteiger partial charge in [-0.3, -0.25) is 5.10 Å². The molecule has 34 heavy (non-hydrogen) atoms. The van der Waals surface area contributed by atoms with Crippen molar-refractivity contribution in [3.8, 4) is 11.3 Å². The predicted octanol–water partition coefficient (Wildman–Crippen LogP) is 5.32. The first-order valence-electron chi connectivity index (χ1n) is 12.1. The average Bonchev–Trinajstić information content (AvgIpc) is 3.39. The summed E-state index contributed by atoms with van der Waals surface area (Å²) in [4.78, 5) is 17.4. The number of carbonyl (C=O) groups excluding carboxylic acids is 1. The Morgan fingerprint density at radius 3 is 2.53 bits per heavy atom. The van der Waals surface area contributed by atoms with Crippen LogP contribution < -0.4 is 0 Å². The number of aryl methyl sites for hydroxylation is 1. The summed E-state index contributed by atoms with van der Waals surface area (Å²) in [6.45, 7) is 6.07. The van der Waals surface area contributed by atoms with E-state index < -0.39 is 0 Å². The lowest BCUT2D eigenvalue weighted by molar-refractivity contribution is 0.0398. The first-order chi connectivity index (χ1) is 16.6. The van der Waals surface area contributed by atoms with Crippen LogP contribution in [-0.4, -0.2) is 65.4 Å². The van der Waals surface area contributed by atoms with Crippen molar-refractivity contribution in [2.24, 2.45) is 0 Å². The van der Waals surface area contributed by atoms with E-state index in [4.69, 9.17) is 16.3 Å². The molecule has 0 saturated carbocycles. The molecule has 2 aromatic carbocycles. The standard InChI is InChI=1S/C27H31ClN4O2/c1-2-19-7-9-20(10-8-19)21-15-22(18-32(17-21)27(33)31-11-13-34-14-12-31)25-16-26(30-29-25)23-5-3-4-6-24(23)28/h3-10,16,21-22H,2,11-15,17-18H2,1H3,(H,29,30). The van der Waals surface area contributed by atoms with E-state index in [1.807, 2.05) is 34.1 Å². The molecular weight excluding hydrogens is 448 g/mol. The van der Waals surface area contributed by atoms with Crippen molar-refractivity contribution in [2.45, 2.75) is 31.6 Å². The summed E-state index contributed by atoms with van der Waals surface area (Å²) < 4.78 is 5.46. The lowest BCUT2D eigenvalue weighted by Gasteiger charge is -2.41. The van der Waals surface area contributed by atoms with E-state index in [2.05, 4.69) is 47.5 Å². The number of H-pyrrole nitrogens is 1. The topological polar surface area (TPSA) is 61.5 Å². The predicted molar refractivity (Wildman–Crippen MR) is 134 cm³/mol. The van der Waals surface area contributed by atoms with Gasteiger partial charge in [0, 0.05) is 49.3 Å². The fourth-order valence-corrected chi connectivity index (χ4v) is 5.29. The van der Waals surface area contributed by atoms with Crippen LogP contribution in [0, 0.1) is 0 Å². The highest BCUT2D eigenvalue weighted by Crippen LogP contribution is 2.37. The number of benzene rings is 2. The summed E-state index contributed by atoms with van der Waals surface area (Å²) in [6, 6.07) is 18.8. The number of piperidine rings is 1. The lowest BCUT2D eigenvalue weighted by atomic mass is 9.82. The highest BCUT2D eigenvalue weighted by atomic mass is 35.5. The van der Waals surface area contributed by atoms with Crippen LogP contribution in [0.2, 0.25) is 5.02 Å². The van der Waals surface area contributed by atoms with Gasteiger partial charge in [0.2, 0.25) is 0 Å². The van der Waals surface area contributed by atoms with Gasteiger partial charge in [0.05, 0.1) is 23.9 Å². The molecule has 2 unspecified atom stereocenters. The minimum atomic E-state index is 0.106. The molecule has 6 nitrogen and oxygen atoms in total. The van der Waals surface area contributed by atoms with Gasteiger partial charge in [-0.25, -0.2) is 4.79 Å². The van der Waals surface area contributed by atoms with Crippen molar-refractivity contribution in [3.05, 3.63) is 76.4 Å². The van der Waals surface area contributed by atoms with Gasteiger partial charge in [0.1, 0.15) is 0 Å². The van der Waals surface area contributed by atoms with Gasteiger partial charge < -0.3 is 14.5 Å². The number of nitrogens with zero attached hydrogens (tertiary/aromatic N) is 3. The summed E-state index contributed by atoms with van der Waals surface area (Å²) in [7, 11) is 0. The highest BCUT2D eigenvalue weighted by molar-refractivity contribution is 6.33. The third-order valence-electron chi connectivity index (χ3n) is 7.05. The minimum Gasteiger partial charge on any atom is -0.378 e. The maximum absolute atomic E-state index is 13.4. The van der Waals surface area contributed by atoms with E-state index in [9.17, 15) is 4.79 Å². The number of morpholine rings is 1. The molecule has 2 aliphatic heterocycles. The van der Waals surface area contributed by atoms with Crippen LogP contribution in [0.3, 0.4) is 0 Å². The smallest absolute Gasteiger partial charge is 0.320 e. The summed E-state index contributed by atoms with van der Waals surface area (Å²) in [6.07, 6.45) is 1.98. The maximum atomic E-state index is 13.4. The van der Waals surface area contributed by atoms with Gasteiger partial charge in [-0.2, -0.15) is 5.10 Å². The summed E-state index contributed by atoms with van der Waals surface area (Å²) in [5.74, 6) is 0.431. The van der Waals surface area contributed by atoms with Crippen LogP contribution in [0.5, 0.6) is 0 Å². The third-order valence-corrected chi connectivity index (χ3v) is 7.38. The number of rotatable bonds is 4. The van der Waals surface area contributed by atoms with E-state index in [1.165, 1.54) is 11.1 Å². The first-order valence-corrected chi connectivity index (χ1v) is 12.5. The van der Waals surface area contributed by atoms with Crippen molar-refractivity contribution in [1.82, 2.24) is 20.0 Å². The fourth-order valence-electron chi connectivity index (χ4n) is 5.05. The second-order valence-corrected chi connectivity index (χ2v) is 9.61. The molecule has 0 aliphatic carbocycles. The molecule has 0 bridgehead atoms. The van der Waals surface area contributed by atoms with E-state index >= 15 is 0 Å². The third kappa shape index (κ3) is 4.84. The number of ether oxygens (including phenoxy) is 1. The summed E-state index contributed by atoms with van der Waals surface area (Å²) in [5, 5.41) is 8.50. The Morgan fingerprint density at radius 2 is 1.79 bits per heavy atom. The number of aromatic nitrogens is 2. The molecule has 5 rings (SSSR count). The van der Waals surface area contributed by atoms with E-state index in [1.54, 1.807) is 0 Å². The lowest BCUT2D eigenvalue weighted by Crippen LogP contribution is -2.52. The minimum absolute atomic E-state index is 0.106. The molecular formula is C27H31ClN4O2. The molecule has 1 aromatic heterocycles. The number of hydrogen-bond acceptors (Lipinski definition) is 3. The van der Waals surface area contributed by atoms with Crippen LogP contribution >= 0.6 is 11.6 Å². The van der Waals surface area contributed by atoms with Crippen molar-refractivity contribution < 1.29 is 9.53 Å². The number of nitrogens with one attached hydrogen (secondary N) is 1. The van der Waals surface area contributed by atoms with Crippen LogP contribution in [0.25, 0.3) is 11.3 Å². The molecule has 0 spiro atoms. The Balaban J connectivity index is 1.42. The van der Waals surface area contributed by atoms with Gasteiger partial charge >= 0.3 is 6.03 Å². The van der Waals surface area contributed by atoms with Gasteiger partial charge in [0.25, 0.3) is 0 Å². The zero-order valence-electron chi connectivity index (χ0n) is 19.5. The Labute approximate surface area is 205 Å². The molecule has 7 heteroatoms. The molecule has 3 heterocycles. The van der Waals surface area contributed by atoms with E-state index in [-0.39, 0.29) is 17.9 Å². The Morgan fingerprint density at radius 1 is 1.06 bits per heavy atom. The zero-order valence-corrected chi connectivity index (χ0v) is 20.3. The van der Waals surface area contributed by atoms with Crippen molar-refractivity contribution in [3.63, 3.8) is 0 Å². The zero-order chi connectivity index (χ0) is 23.5. The van der Waals surface area contributed by atoms with Gasteiger partial charge in [-0.15, -0.1) is 0 Å². The monoisotopic (exact) mass is 478 g/mol. The van der Waals surface area contributed by atoms with Gasteiger partial charge in [-0.1, -0.05) is 61.0 Å². The molecule has 2 amide bonds. The SMILES string of the molecule is CCc1ccc(C2CC(c3cc(-c4ccccc4Cl)n[nH]3)CN(C(=O)N3CCOCC3)C2)cc1. The molecule has 178 valence electrons. The molecule has 2 fully saturated rings. The van der Waals surface area contributed by atoms with Crippen molar-refractivity contribution in [2.75, 3.05) is 39.4 Å². The van der Waals surface area contributed by atoms with Crippen LogP contribution in [0.1, 0.15) is 42.0 Å². The van der Waals surface area contributed by atoms with E-state index in [0.29, 0.717) is 37.9 Å². The number of amides is 2. The number of hydrogen-bond donors (Lipinski definition) is 1. The highest BCUT2D eigenvalue weighted by Gasteiger charge is 2.35. The van der Waals surface area contributed by atoms with Gasteiger partial charge in [0.15, 0.2) is 0 Å². The van der Waals surface area contributed by atoms with E-state index in [0.717, 1.165) is 36.3 Å². The quantitative estimate of drug-likeness (QED) is 0.552. The van der Waals surface area contributed by atoms with Crippen molar-refractivity contribution in [1.29, 1.82) is 0 Å². The number of halogens is 1. The van der Waals surface area contributed by atoms with Crippen molar-refractivity contribution >= 4 is 17.6 Å². The Hall–Kier alpha value is -2.83. The summed E-state index contributed by atoms with van der Waals surface area (Å²) in [5.41, 5.74) is 5.41. The second-order valence-electron chi connectivity index (χ2n) is 9.20. The molecule has 3 aromatic rings. The van der Waals surface area contributed by atoms with Crippen LogP contribution in [0.4, 0.5) is 4.79 Å². The summed E-state index contributed by atoms with van der Waals surface area (Å²) >= 11 is 6.41. The fraction of sp³-hybridized carbons (Fsp3) is 0.407. The van der Waals surface area contributed by atoms with Crippen LogP contribution in [-0.2, 0) is 11.2 Å². The molecule has 2 saturated heterocycles. The normalized spacial score (nSPS) is 21.0. The molecule has 1 N–H and O–H groups in total. The van der Waals surface area contributed by atoms with Crippen LogP contribution in [0.15, 0.2) is 54.6 Å². The molecule has 2 atom stereocenters. The molecule has 2 aliphatic rings. The number of carbonyl (C=O) groups is 1. The number of aromatic amines is 1.